The van der Waals surface area contributed by atoms with E-state index in [0.29, 0.717) is 0 Å². The van der Waals surface area contributed by atoms with E-state index in [1.165, 1.54) is 44.6 Å². The van der Waals surface area contributed by atoms with Crippen LogP contribution in [0.4, 0.5) is 0 Å². The van der Waals surface area contributed by atoms with Crippen molar-refractivity contribution in [2.45, 2.75) is 50.4 Å². The molecule has 0 bridgehead atoms. The molecule has 2 heterocycles. The fourth-order valence-corrected chi connectivity index (χ4v) is 3.95. The first kappa shape index (κ1) is 11.7. The quantitative estimate of drug-likeness (QED) is 0.792. The molecule has 0 aliphatic carbocycles. The summed E-state index contributed by atoms with van der Waals surface area (Å²) in [7, 11) is 0. The van der Waals surface area contributed by atoms with Gasteiger partial charge in [0, 0.05) is 30.4 Å². The summed E-state index contributed by atoms with van der Waals surface area (Å²) in [6, 6.07) is 1.67. The van der Waals surface area contributed by atoms with E-state index in [1.54, 1.807) is 0 Å². The van der Waals surface area contributed by atoms with Gasteiger partial charge >= 0.3 is 0 Å². The molecular weight excluding hydrogens is 204 g/mol. The molecule has 2 atom stereocenters. The Hall–Kier alpha value is 0.270. The largest absolute Gasteiger partial charge is 0.314 e. The Morgan fingerprint density at radius 2 is 2.20 bits per heavy atom. The van der Waals surface area contributed by atoms with Crippen LogP contribution < -0.4 is 5.32 Å². The predicted molar refractivity (Wildman–Crippen MR) is 68.6 cm³/mol. The number of thioether (sulfide) groups is 1. The van der Waals surface area contributed by atoms with Crippen molar-refractivity contribution in [3.63, 3.8) is 0 Å². The summed E-state index contributed by atoms with van der Waals surface area (Å²) in [4.78, 5) is 2.79. The van der Waals surface area contributed by atoms with Crippen LogP contribution in [0, 0.1) is 0 Å². The Morgan fingerprint density at radius 3 is 2.73 bits per heavy atom. The lowest BCUT2D eigenvalue weighted by Crippen LogP contribution is -2.61. The second-order valence-corrected chi connectivity index (χ2v) is 6.32. The highest BCUT2D eigenvalue weighted by molar-refractivity contribution is 7.99. The zero-order valence-corrected chi connectivity index (χ0v) is 10.9. The minimum absolute atomic E-state index is 0.830. The van der Waals surface area contributed by atoms with Gasteiger partial charge in [-0.2, -0.15) is 11.8 Å². The number of nitrogens with zero attached hydrogens (tertiary/aromatic N) is 1. The molecule has 2 saturated heterocycles. The SMILES string of the molecule is CCCN(C1CNC1)C1CCCSC1C. The summed E-state index contributed by atoms with van der Waals surface area (Å²) in [5, 5.41) is 4.24. The molecule has 3 heteroatoms. The molecule has 2 aliphatic heterocycles. The van der Waals surface area contributed by atoms with E-state index < -0.39 is 0 Å². The molecule has 0 aromatic rings. The van der Waals surface area contributed by atoms with Crippen molar-refractivity contribution in [3.05, 3.63) is 0 Å². The molecule has 0 radical (unpaired) electrons. The number of rotatable bonds is 4. The minimum Gasteiger partial charge on any atom is -0.314 e. The molecule has 2 unspecified atom stereocenters. The van der Waals surface area contributed by atoms with Crippen LogP contribution in [0.3, 0.4) is 0 Å². The average Bonchev–Trinajstić information content (AvgIpc) is 2.15. The maximum absolute atomic E-state index is 3.41. The van der Waals surface area contributed by atoms with Crippen LogP contribution in [0.25, 0.3) is 0 Å². The highest BCUT2D eigenvalue weighted by Gasteiger charge is 2.33. The Kier molecular flexibility index (Phi) is 4.35. The van der Waals surface area contributed by atoms with Gasteiger partial charge in [-0.3, -0.25) is 4.90 Å². The topological polar surface area (TPSA) is 15.3 Å². The first-order chi connectivity index (χ1) is 7.33. The fraction of sp³-hybridized carbons (Fsp3) is 1.00. The first-order valence-electron chi connectivity index (χ1n) is 6.41. The molecule has 2 aliphatic rings. The zero-order valence-electron chi connectivity index (χ0n) is 10.0. The van der Waals surface area contributed by atoms with Gasteiger partial charge in [0.25, 0.3) is 0 Å². The maximum Gasteiger partial charge on any atom is 0.0348 e. The molecule has 88 valence electrons. The molecular formula is C12H24N2S. The van der Waals surface area contributed by atoms with E-state index in [4.69, 9.17) is 0 Å². The summed E-state index contributed by atoms with van der Waals surface area (Å²) < 4.78 is 0. The van der Waals surface area contributed by atoms with Crippen LogP contribution in [0.15, 0.2) is 0 Å². The maximum atomic E-state index is 3.41. The molecule has 2 rings (SSSR count). The normalized spacial score (nSPS) is 33.0. The molecule has 0 spiro atoms. The third-order valence-corrected chi connectivity index (χ3v) is 5.07. The standard InChI is InChI=1S/C12H24N2S/c1-3-6-14(11-8-13-9-11)12-5-4-7-15-10(12)2/h10-13H,3-9H2,1-2H3. The lowest BCUT2D eigenvalue weighted by Gasteiger charge is -2.46. The summed E-state index contributed by atoms with van der Waals surface area (Å²) >= 11 is 2.17. The monoisotopic (exact) mass is 228 g/mol. The van der Waals surface area contributed by atoms with E-state index in [9.17, 15) is 0 Å². The van der Waals surface area contributed by atoms with Crippen molar-refractivity contribution in [1.29, 1.82) is 0 Å². The second-order valence-electron chi connectivity index (χ2n) is 4.84. The predicted octanol–water partition coefficient (Wildman–Crippen LogP) is 1.95. The van der Waals surface area contributed by atoms with Gasteiger partial charge in [-0.15, -0.1) is 0 Å². The van der Waals surface area contributed by atoms with Gasteiger partial charge in [0.15, 0.2) is 0 Å². The Balaban J connectivity index is 1.94. The van der Waals surface area contributed by atoms with Crippen LogP contribution in [0.1, 0.15) is 33.1 Å². The average molecular weight is 228 g/mol. The van der Waals surface area contributed by atoms with Gasteiger partial charge in [0.05, 0.1) is 0 Å². The van der Waals surface area contributed by atoms with Crippen LogP contribution in [0.5, 0.6) is 0 Å². The van der Waals surface area contributed by atoms with E-state index in [2.05, 4.69) is 35.8 Å². The molecule has 15 heavy (non-hydrogen) atoms. The minimum atomic E-state index is 0.830. The molecule has 0 amide bonds. The van der Waals surface area contributed by atoms with Crippen LogP contribution in [0.2, 0.25) is 0 Å². The summed E-state index contributed by atoms with van der Waals surface area (Å²) in [5.74, 6) is 1.38. The van der Waals surface area contributed by atoms with Gasteiger partial charge in [-0.25, -0.2) is 0 Å². The van der Waals surface area contributed by atoms with E-state index in [0.717, 1.165) is 17.3 Å². The van der Waals surface area contributed by atoms with Crippen molar-refractivity contribution in [2.75, 3.05) is 25.4 Å². The van der Waals surface area contributed by atoms with Crippen molar-refractivity contribution >= 4 is 11.8 Å². The summed E-state index contributed by atoms with van der Waals surface area (Å²) in [6.07, 6.45) is 4.13. The second kappa shape index (κ2) is 5.55. The number of nitrogens with one attached hydrogen (secondary N) is 1. The lowest BCUT2D eigenvalue weighted by molar-refractivity contribution is 0.0877. The molecule has 0 aromatic carbocycles. The Labute approximate surface area is 98.2 Å². The van der Waals surface area contributed by atoms with Crippen LogP contribution in [-0.2, 0) is 0 Å². The van der Waals surface area contributed by atoms with Crippen molar-refractivity contribution in [1.82, 2.24) is 10.2 Å². The molecule has 2 fully saturated rings. The van der Waals surface area contributed by atoms with Crippen molar-refractivity contribution < 1.29 is 0 Å². The van der Waals surface area contributed by atoms with Gasteiger partial charge in [-0.1, -0.05) is 13.8 Å². The van der Waals surface area contributed by atoms with Gasteiger partial charge in [-0.05, 0) is 31.6 Å². The zero-order chi connectivity index (χ0) is 10.7. The van der Waals surface area contributed by atoms with Crippen LogP contribution in [-0.4, -0.2) is 47.6 Å². The molecule has 0 saturated carbocycles. The highest BCUT2D eigenvalue weighted by Crippen LogP contribution is 2.30. The van der Waals surface area contributed by atoms with E-state index in [1.807, 2.05) is 0 Å². The number of hydrogen-bond acceptors (Lipinski definition) is 3. The smallest absolute Gasteiger partial charge is 0.0348 e. The van der Waals surface area contributed by atoms with E-state index >= 15 is 0 Å². The van der Waals surface area contributed by atoms with Crippen molar-refractivity contribution in [3.8, 4) is 0 Å². The highest BCUT2D eigenvalue weighted by atomic mass is 32.2. The summed E-state index contributed by atoms with van der Waals surface area (Å²) in [5.41, 5.74) is 0. The number of hydrogen-bond donors (Lipinski definition) is 1. The van der Waals surface area contributed by atoms with Gasteiger partial charge in [0.1, 0.15) is 0 Å². The third-order valence-electron chi connectivity index (χ3n) is 3.70. The summed E-state index contributed by atoms with van der Waals surface area (Å²) in [6.45, 7) is 8.45. The van der Waals surface area contributed by atoms with E-state index in [-0.39, 0.29) is 0 Å². The van der Waals surface area contributed by atoms with Crippen molar-refractivity contribution in [2.24, 2.45) is 0 Å². The Morgan fingerprint density at radius 1 is 1.40 bits per heavy atom. The fourth-order valence-electron chi connectivity index (χ4n) is 2.73. The lowest BCUT2D eigenvalue weighted by atomic mass is 10.0. The van der Waals surface area contributed by atoms with Gasteiger partial charge in [0.2, 0.25) is 0 Å². The first-order valence-corrected chi connectivity index (χ1v) is 7.46. The molecule has 2 nitrogen and oxygen atoms in total. The third kappa shape index (κ3) is 2.69. The molecule has 1 N–H and O–H groups in total. The molecule has 0 aromatic heterocycles. The Bertz CT molecular complexity index is 194. The van der Waals surface area contributed by atoms with Crippen LogP contribution >= 0.6 is 11.8 Å². The van der Waals surface area contributed by atoms with Gasteiger partial charge < -0.3 is 5.32 Å².